The van der Waals surface area contributed by atoms with Crippen LogP contribution in [0.2, 0.25) is 0 Å². The van der Waals surface area contributed by atoms with Gasteiger partial charge < -0.3 is 20.1 Å². The topological polar surface area (TPSA) is 127 Å². The first kappa shape index (κ1) is 18.4. The summed E-state index contributed by atoms with van der Waals surface area (Å²) in [5, 5.41) is 18.7. The second-order valence-corrected chi connectivity index (χ2v) is 5.99. The molecule has 1 heterocycles. The lowest BCUT2D eigenvalue weighted by atomic mass is 10.2. The Morgan fingerprint density at radius 3 is 2.39 bits per heavy atom. The van der Waals surface area contributed by atoms with E-state index < -0.39 is 17.7 Å². The third-order valence-electron chi connectivity index (χ3n) is 2.62. The van der Waals surface area contributed by atoms with E-state index in [2.05, 4.69) is 15.6 Å². The number of aromatic carboxylic acids is 1. The standard InChI is InChI=1S/C13H21N5O5/c1-13(2,3)23-12(22)14-6-8-10(11(20)21)15-16-18(8)7-9(19)17(4)5/h6-7H2,1-5H3,(H,14,22)(H,20,21). The minimum Gasteiger partial charge on any atom is -0.476 e. The Morgan fingerprint density at radius 1 is 1.30 bits per heavy atom. The van der Waals surface area contributed by atoms with E-state index in [0.29, 0.717) is 0 Å². The summed E-state index contributed by atoms with van der Waals surface area (Å²) >= 11 is 0. The van der Waals surface area contributed by atoms with Gasteiger partial charge in [0.1, 0.15) is 12.1 Å². The number of alkyl carbamates (subject to hydrolysis) is 1. The van der Waals surface area contributed by atoms with Crippen LogP contribution in [0.3, 0.4) is 0 Å². The molecule has 0 radical (unpaired) electrons. The second kappa shape index (κ2) is 7.07. The monoisotopic (exact) mass is 327 g/mol. The van der Waals surface area contributed by atoms with Gasteiger partial charge in [0.2, 0.25) is 5.91 Å². The summed E-state index contributed by atoms with van der Waals surface area (Å²) in [6, 6.07) is 0. The van der Waals surface area contributed by atoms with Crippen LogP contribution in [-0.4, -0.2) is 62.7 Å². The third kappa shape index (κ3) is 5.57. The van der Waals surface area contributed by atoms with Crippen LogP contribution in [0.25, 0.3) is 0 Å². The maximum absolute atomic E-state index is 11.7. The van der Waals surface area contributed by atoms with Gasteiger partial charge in [-0.05, 0) is 20.8 Å². The summed E-state index contributed by atoms with van der Waals surface area (Å²) in [5.41, 5.74) is -0.898. The van der Waals surface area contributed by atoms with Gasteiger partial charge >= 0.3 is 12.1 Å². The summed E-state index contributed by atoms with van der Waals surface area (Å²) in [6.07, 6.45) is -0.708. The second-order valence-electron chi connectivity index (χ2n) is 5.99. The van der Waals surface area contributed by atoms with E-state index >= 15 is 0 Å². The van der Waals surface area contributed by atoms with E-state index in [1.54, 1.807) is 34.9 Å². The van der Waals surface area contributed by atoms with Gasteiger partial charge in [-0.3, -0.25) is 4.79 Å². The van der Waals surface area contributed by atoms with Crippen molar-refractivity contribution in [3.8, 4) is 0 Å². The van der Waals surface area contributed by atoms with E-state index in [1.165, 1.54) is 4.90 Å². The molecule has 0 bridgehead atoms. The Balaban J connectivity index is 2.90. The number of hydrogen-bond acceptors (Lipinski definition) is 6. The lowest BCUT2D eigenvalue weighted by Gasteiger charge is -2.19. The molecule has 0 aliphatic rings. The third-order valence-corrected chi connectivity index (χ3v) is 2.62. The molecule has 0 fully saturated rings. The molecule has 1 aromatic rings. The van der Waals surface area contributed by atoms with E-state index in [-0.39, 0.29) is 30.4 Å². The molecule has 2 N–H and O–H groups in total. The van der Waals surface area contributed by atoms with E-state index in [1.807, 2.05) is 0 Å². The molecule has 0 saturated heterocycles. The highest BCUT2D eigenvalue weighted by Crippen LogP contribution is 2.09. The molecule has 0 unspecified atom stereocenters. The summed E-state index contributed by atoms with van der Waals surface area (Å²) in [6.45, 7) is 4.76. The number of amides is 2. The highest BCUT2D eigenvalue weighted by molar-refractivity contribution is 5.86. The molecular weight excluding hydrogens is 306 g/mol. The number of nitrogens with zero attached hydrogens (tertiary/aromatic N) is 4. The first-order valence-electron chi connectivity index (χ1n) is 6.84. The minimum atomic E-state index is -1.30. The van der Waals surface area contributed by atoms with Crippen molar-refractivity contribution < 1.29 is 24.2 Å². The van der Waals surface area contributed by atoms with Gasteiger partial charge in [-0.15, -0.1) is 5.10 Å². The predicted molar refractivity (Wildman–Crippen MR) is 78.7 cm³/mol. The van der Waals surface area contributed by atoms with Crippen LogP contribution in [0.5, 0.6) is 0 Å². The van der Waals surface area contributed by atoms with E-state index in [0.717, 1.165) is 4.68 Å². The van der Waals surface area contributed by atoms with Gasteiger partial charge in [-0.1, -0.05) is 5.21 Å². The number of carboxylic acid groups (broad SMARTS) is 1. The smallest absolute Gasteiger partial charge is 0.407 e. The molecule has 10 nitrogen and oxygen atoms in total. The Morgan fingerprint density at radius 2 is 1.91 bits per heavy atom. The van der Waals surface area contributed by atoms with E-state index in [9.17, 15) is 14.4 Å². The zero-order chi connectivity index (χ0) is 17.8. The fourth-order valence-corrected chi connectivity index (χ4v) is 1.54. The van der Waals surface area contributed by atoms with Crippen molar-refractivity contribution in [3.05, 3.63) is 11.4 Å². The normalized spacial score (nSPS) is 11.0. The van der Waals surface area contributed by atoms with E-state index in [4.69, 9.17) is 9.84 Å². The molecule has 0 spiro atoms. The van der Waals surface area contributed by atoms with Crippen molar-refractivity contribution in [2.45, 2.75) is 39.5 Å². The van der Waals surface area contributed by atoms with Gasteiger partial charge in [0.15, 0.2) is 5.69 Å². The number of carbonyl (C=O) groups is 3. The molecule has 0 saturated carbocycles. The highest BCUT2D eigenvalue weighted by Gasteiger charge is 2.22. The summed E-state index contributed by atoms with van der Waals surface area (Å²) in [7, 11) is 3.13. The van der Waals surface area contributed by atoms with Crippen LogP contribution < -0.4 is 5.32 Å². The Bertz CT molecular complexity index is 602. The SMILES string of the molecule is CN(C)C(=O)Cn1nnc(C(=O)O)c1CNC(=O)OC(C)(C)C. The number of carboxylic acids is 1. The first-order valence-corrected chi connectivity index (χ1v) is 6.84. The average molecular weight is 327 g/mol. The van der Waals surface area contributed by atoms with Gasteiger partial charge in [0, 0.05) is 14.1 Å². The maximum atomic E-state index is 11.7. The van der Waals surface area contributed by atoms with Crippen molar-refractivity contribution in [2.24, 2.45) is 0 Å². The van der Waals surface area contributed by atoms with Crippen molar-refractivity contribution in [1.82, 2.24) is 25.2 Å². The van der Waals surface area contributed by atoms with Crippen LogP contribution in [0, 0.1) is 0 Å². The molecule has 23 heavy (non-hydrogen) atoms. The highest BCUT2D eigenvalue weighted by atomic mass is 16.6. The largest absolute Gasteiger partial charge is 0.476 e. The Labute approximate surface area is 133 Å². The molecule has 0 aromatic carbocycles. The number of hydrogen-bond donors (Lipinski definition) is 2. The van der Waals surface area contributed by atoms with Crippen molar-refractivity contribution in [1.29, 1.82) is 0 Å². The zero-order valence-electron chi connectivity index (χ0n) is 13.8. The lowest BCUT2D eigenvalue weighted by Crippen LogP contribution is -2.34. The number of ether oxygens (including phenoxy) is 1. The van der Waals surface area contributed by atoms with Gasteiger partial charge in [-0.2, -0.15) is 0 Å². The van der Waals surface area contributed by atoms with Gasteiger partial charge in [0.05, 0.1) is 12.2 Å². The average Bonchev–Trinajstić information content (AvgIpc) is 2.77. The van der Waals surface area contributed by atoms with Crippen LogP contribution in [0.15, 0.2) is 0 Å². The van der Waals surface area contributed by atoms with Gasteiger partial charge in [-0.25, -0.2) is 14.3 Å². The summed E-state index contributed by atoms with van der Waals surface area (Å²) in [5.74, 6) is -1.58. The van der Waals surface area contributed by atoms with Crippen LogP contribution in [0.1, 0.15) is 37.0 Å². The lowest BCUT2D eigenvalue weighted by molar-refractivity contribution is -0.129. The minimum absolute atomic E-state index is 0.110. The molecular formula is C13H21N5O5. The molecule has 1 aromatic heterocycles. The Kier molecular flexibility index (Phi) is 5.66. The van der Waals surface area contributed by atoms with Gasteiger partial charge in [0.25, 0.3) is 0 Å². The molecule has 2 amide bonds. The van der Waals surface area contributed by atoms with Crippen LogP contribution in [0.4, 0.5) is 4.79 Å². The summed E-state index contributed by atoms with van der Waals surface area (Å²) < 4.78 is 6.21. The van der Waals surface area contributed by atoms with Crippen molar-refractivity contribution >= 4 is 18.0 Å². The maximum Gasteiger partial charge on any atom is 0.407 e. The van der Waals surface area contributed by atoms with Crippen molar-refractivity contribution in [3.63, 3.8) is 0 Å². The van der Waals surface area contributed by atoms with Crippen LogP contribution >= 0.6 is 0 Å². The molecule has 10 heteroatoms. The molecule has 0 aliphatic heterocycles. The molecule has 0 atom stereocenters. The molecule has 0 aliphatic carbocycles. The van der Waals surface area contributed by atoms with Crippen molar-refractivity contribution in [2.75, 3.05) is 14.1 Å². The van der Waals surface area contributed by atoms with Crippen LogP contribution in [-0.2, 0) is 22.6 Å². The predicted octanol–water partition coefficient (Wildman–Crippen LogP) is 0.0892. The number of likely N-dealkylation sites (N-methyl/N-ethyl adjacent to an activating group) is 1. The fourth-order valence-electron chi connectivity index (χ4n) is 1.54. The number of carbonyl (C=O) groups excluding carboxylic acids is 2. The first-order chi connectivity index (χ1) is 10.5. The fraction of sp³-hybridized carbons (Fsp3) is 0.615. The quantitative estimate of drug-likeness (QED) is 0.784. The Hall–Kier alpha value is -2.65. The summed E-state index contributed by atoms with van der Waals surface area (Å²) in [4.78, 5) is 35.9. The number of rotatable bonds is 5. The number of nitrogens with one attached hydrogen (secondary N) is 1. The zero-order valence-corrected chi connectivity index (χ0v) is 13.8. The molecule has 1 rings (SSSR count). The molecule has 128 valence electrons. The number of aromatic nitrogens is 3.